The molecule has 3 rings (SSSR count). The van der Waals surface area contributed by atoms with Gasteiger partial charge in [0.25, 0.3) is 5.56 Å². The van der Waals surface area contributed by atoms with Crippen LogP contribution in [0.5, 0.6) is 0 Å². The van der Waals surface area contributed by atoms with Gasteiger partial charge in [0.15, 0.2) is 0 Å². The Morgan fingerprint density at radius 2 is 2.16 bits per heavy atom. The topological polar surface area (TPSA) is 98.1 Å². The molecule has 0 aliphatic heterocycles. The molecule has 0 aliphatic rings. The molecule has 0 aliphatic carbocycles. The van der Waals surface area contributed by atoms with E-state index in [0.717, 1.165) is 0 Å². The first kappa shape index (κ1) is 16.5. The highest BCUT2D eigenvalue weighted by Crippen LogP contribution is 2.22. The van der Waals surface area contributed by atoms with Gasteiger partial charge in [-0.15, -0.1) is 0 Å². The predicted molar refractivity (Wildman–Crippen MR) is 89.2 cm³/mol. The molecule has 3 aromatic rings. The number of hydrogen-bond acceptors (Lipinski definition) is 6. The summed E-state index contributed by atoms with van der Waals surface area (Å²) in [7, 11) is 0. The van der Waals surface area contributed by atoms with Crippen molar-refractivity contribution >= 4 is 17.1 Å². The molecule has 0 amide bonds. The molecule has 0 fully saturated rings. The summed E-state index contributed by atoms with van der Waals surface area (Å²) in [5.41, 5.74) is 0.930. The van der Waals surface area contributed by atoms with E-state index in [9.17, 15) is 14.9 Å². The summed E-state index contributed by atoms with van der Waals surface area (Å²) < 4.78 is 11.8. The Hall–Kier alpha value is -3.40. The minimum absolute atomic E-state index is 0.0906. The number of benzene rings is 1. The summed E-state index contributed by atoms with van der Waals surface area (Å²) in [5, 5.41) is 9.28. The average molecular weight is 337 g/mol. The van der Waals surface area contributed by atoms with E-state index in [1.807, 2.05) is 0 Å². The number of carbonyl (C=O) groups is 1. The third-order valence-electron chi connectivity index (χ3n) is 3.81. The second-order valence-corrected chi connectivity index (χ2v) is 5.38. The van der Waals surface area contributed by atoms with Crippen LogP contribution in [0.3, 0.4) is 0 Å². The standard InChI is InChI=1S/C18H15N3O4/c1-3-24-18(23)14-11(2)25-16-15(14)17(22)21(10-20-16)9-13-7-5-4-6-12(13)8-19/h4-7,10H,3,9H2,1-2H3. The van der Waals surface area contributed by atoms with Crippen LogP contribution < -0.4 is 5.56 Å². The van der Waals surface area contributed by atoms with Gasteiger partial charge in [0, 0.05) is 0 Å². The number of nitrogens with zero attached hydrogens (tertiary/aromatic N) is 3. The minimum atomic E-state index is -0.618. The SMILES string of the molecule is CCOC(=O)c1c(C)oc2ncn(Cc3ccccc3C#N)c(=O)c12. The number of rotatable bonds is 4. The summed E-state index contributed by atoms with van der Waals surface area (Å²) in [6.07, 6.45) is 1.34. The van der Waals surface area contributed by atoms with Gasteiger partial charge in [0.1, 0.15) is 23.0 Å². The lowest BCUT2D eigenvalue weighted by atomic mass is 10.1. The van der Waals surface area contributed by atoms with Crippen molar-refractivity contribution in [2.75, 3.05) is 6.61 Å². The number of fused-ring (bicyclic) bond motifs is 1. The van der Waals surface area contributed by atoms with Gasteiger partial charge in [-0.2, -0.15) is 5.26 Å². The summed E-state index contributed by atoms with van der Waals surface area (Å²) in [6.45, 7) is 3.63. The summed E-state index contributed by atoms with van der Waals surface area (Å²) in [4.78, 5) is 29.1. The summed E-state index contributed by atoms with van der Waals surface area (Å²) in [6, 6.07) is 9.08. The molecule has 0 radical (unpaired) electrons. The number of hydrogen-bond donors (Lipinski definition) is 0. The van der Waals surface area contributed by atoms with E-state index in [1.54, 1.807) is 38.1 Å². The molecule has 7 nitrogen and oxygen atoms in total. The van der Waals surface area contributed by atoms with Gasteiger partial charge < -0.3 is 9.15 Å². The van der Waals surface area contributed by atoms with Gasteiger partial charge >= 0.3 is 5.97 Å². The molecule has 2 heterocycles. The maximum absolute atomic E-state index is 12.8. The Bertz CT molecular complexity index is 1060. The Kier molecular flexibility index (Phi) is 4.35. The fourth-order valence-electron chi connectivity index (χ4n) is 2.65. The Morgan fingerprint density at radius 3 is 2.88 bits per heavy atom. The van der Waals surface area contributed by atoms with Crippen molar-refractivity contribution in [1.29, 1.82) is 5.26 Å². The molecular formula is C18H15N3O4. The minimum Gasteiger partial charge on any atom is -0.462 e. The molecular weight excluding hydrogens is 322 g/mol. The molecule has 0 saturated heterocycles. The molecule has 2 aromatic heterocycles. The van der Waals surface area contributed by atoms with Crippen LogP contribution in [0.1, 0.15) is 34.2 Å². The van der Waals surface area contributed by atoms with Crippen molar-refractivity contribution in [2.45, 2.75) is 20.4 Å². The molecule has 126 valence electrons. The second kappa shape index (κ2) is 6.61. The fourth-order valence-corrected chi connectivity index (χ4v) is 2.65. The largest absolute Gasteiger partial charge is 0.462 e. The third kappa shape index (κ3) is 2.90. The highest BCUT2D eigenvalue weighted by atomic mass is 16.5. The monoisotopic (exact) mass is 337 g/mol. The van der Waals surface area contributed by atoms with E-state index >= 15 is 0 Å². The molecule has 0 saturated carbocycles. The van der Waals surface area contributed by atoms with Gasteiger partial charge in [-0.1, -0.05) is 18.2 Å². The quantitative estimate of drug-likeness (QED) is 0.678. The first-order valence-corrected chi connectivity index (χ1v) is 7.70. The van der Waals surface area contributed by atoms with Gasteiger partial charge in [-0.3, -0.25) is 9.36 Å². The Balaban J connectivity index is 2.14. The highest BCUT2D eigenvalue weighted by molar-refractivity contribution is 6.03. The van der Waals surface area contributed by atoms with E-state index in [2.05, 4.69) is 11.1 Å². The van der Waals surface area contributed by atoms with E-state index in [-0.39, 0.29) is 35.6 Å². The average Bonchev–Trinajstić information content (AvgIpc) is 2.95. The van der Waals surface area contributed by atoms with Crippen molar-refractivity contribution < 1.29 is 13.9 Å². The first-order valence-electron chi connectivity index (χ1n) is 7.70. The van der Waals surface area contributed by atoms with Crippen LogP contribution in [0.2, 0.25) is 0 Å². The Morgan fingerprint density at radius 1 is 1.40 bits per heavy atom. The highest BCUT2D eigenvalue weighted by Gasteiger charge is 2.23. The number of furan rings is 1. The molecule has 7 heteroatoms. The van der Waals surface area contributed by atoms with E-state index in [0.29, 0.717) is 11.1 Å². The molecule has 0 unspecified atom stereocenters. The lowest BCUT2D eigenvalue weighted by Crippen LogP contribution is -2.22. The van der Waals surface area contributed by atoms with Crippen LogP contribution in [0, 0.1) is 18.3 Å². The van der Waals surface area contributed by atoms with E-state index in [4.69, 9.17) is 9.15 Å². The zero-order valence-electron chi connectivity index (χ0n) is 13.8. The van der Waals surface area contributed by atoms with Gasteiger partial charge in [-0.05, 0) is 25.5 Å². The van der Waals surface area contributed by atoms with Crippen LogP contribution in [0.4, 0.5) is 0 Å². The lowest BCUT2D eigenvalue weighted by molar-refractivity contribution is 0.0526. The van der Waals surface area contributed by atoms with Crippen LogP contribution >= 0.6 is 0 Å². The smallest absolute Gasteiger partial charge is 0.342 e. The van der Waals surface area contributed by atoms with Gasteiger partial charge in [0.2, 0.25) is 5.71 Å². The zero-order valence-corrected chi connectivity index (χ0v) is 13.8. The Labute approximate surface area is 143 Å². The zero-order chi connectivity index (χ0) is 18.0. The summed E-state index contributed by atoms with van der Waals surface area (Å²) in [5.74, 6) is -0.332. The van der Waals surface area contributed by atoms with Crippen molar-refractivity contribution in [1.82, 2.24) is 9.55 Å². The molecule has 1 aromatic carbocycles. The fraction of sp³-hybridized carbons (Fsp3) is 0.222. The molecule has 0 N–H and O–H groups in total. The number of aryl methyl sites for hydroxylation is 1. The predicted octanol–water partition coefficient (Wildman–Crippen LogP) is 2.39. The van der Waals surface area contributed by atoms with Crippen LogP contribution in [0.15, 0.2) is 39.8 Å². The van der Waals surface area contributed by atoms with Crippen molar-refractivity contribution in [3.8, 4) is 6.07 Å². The molecule has 0 spiro atoms. The van der Waals surface area contributed by atoms with Crippen molar-refractivity contribution in [3.05, 3.63) is 63.4 Å². The van der Waals surface area contributed by atoms with Crippen molar-refractivity contribution in [3.63, 3.8) is 0 Å². The molecule has 25 heavy (non-hydrogen) atoms. The van der Waals surface area contributed by atoms with Crippen molar-refractivity contribution in [2.24, 2.45) is 0 Å². The van der Waals surface area contributed by atoms with Crippen LogP contribution in [-0.4, -0.2) is 22.1 Å². The number of ether oxygens (including phenoxy) is 1. The van der Waals surface area contributed by atoms with Gasteiger partial charge in [0.05, 0.1) is 24.8 Å². The number of aromatic nitrogens is 2. The normalized spacial score (nSPS) is 10.6. The molecule has 0 bridgehead atoms. The molecule has 0 atom stereocenters. The number of esters is 1. The van der Waals surface area contributed by atoms with Crippen LogP contribution in [0.25, 0.3) is 11.1 Å². The maximum Gasteiger partial charge on any atom is 0.342 e. The third-order valence-corrected chi connectivity index (χ3v) is 3.81. The van der Waals surface area contributed by atoms with Crippen LogP contribution in [-0.2, 0) is 11.3 Å². The lowest BCUT2D eigenvalue weighted by Gasteiger charge is -2.07. The van der Waals surface area contributed by atoms with Gasteiger partial charge in [-0.25, -0.2) is 9.78 Å². The maximum atomic E-state index is 12.8. The second-order valence-electron chi connectivity index (χ2n) is 5.38. The summed E-state index contributed by atoms with van der Waals surface area (Å²) >= 11 is 0. The van der Waals surface area contributed by atoms with E-state index < -0.39 is 11.5 Å². The first-order chi connectivity index (χ1) is 12.1. The number of carbonyl (C=O) groups excluding carboxylic acids is 1. The number of nitriles is 1. The van der Waals surface area contributed by atoms with E-state index in [1.165, 1.54) is 10.9 Å².